The third-order valence-corrected chi connectivity index (χ3v) is 3.92. The number of pyridine rings is 1. The smallest absolute Gasteiger partial charge is 0.0763 e. The second-order valence-electron chi connectivity index (χ2n) is 5.44. The van der Waals surface area contributed by atoms with E-state index in [1.807, 2.05) is 12.4 Å². The van der Waals surface area contributed by atoms with Gasteiger partial charge in [-0.2, -0.15) is 5.10 Å². The molecule has 0 aliphatic heterocycles. The number of benzene rings is 1. The minimum absolute atomic E-state index is 0.862. The number of nitrogens with zero attached hydrogens (tertiary/aromatic N) is 3. The number of aromatic nitrogens is 3. The Bertz CT molecular complexity index is 773. The van der Waals surface area contributed by atoms with Crippen LogP contribution in [-0.2, 0) is 13.0 Å². The Morgan fingerprint density at radius 3 is 2.41 bits per heavy atom. The lowest BCUT2D eigenvalue weighted by molar-refractivity contribution is 0.655. The number of hydrogen-bond donors (Lipinski definition) is 0. The average Bonchev–Trinajstić information content (AvgIpc) is 2.94. The van der Waals surface area contributed by atoms with Crippen LogP contribution in [0.3, 0.4) is 0 Å². The van der Waals surface area contributed by atoms with E-state index in [4.69, 9.17) is 5.10 Å². The van der Waals surface area contributed by atoms with E-state index < -0.39 is 0 Å². The highest BCUT2D eigenvalue weighted by atomic mass is 15.3. The van der Waals surface area contributed by atoms with Crippen molar-refractivity contribution in [2.75, 3.05) is 0 Å². The first-order chi connectivity index (χ1) is 10.7. The van der Waals surface area contributed by atoms with Crippen LogP contribution in [0.4, 0.5) is 0 Å². The lowest BCUT2D eigenvalue weighted by Crippen LogP contribution is -2.00. The molecule has 0 aliphatic rings. The van der Waals surface area contributed by atoms with Crippen molar-refractivity contribution in [1.29, 1.82) is 0 Å². The average molecular weight is 291 g/mol. The maximum absolute atomic E-state index is 4.83. The Labute approximate surface area is 131 Å². The summed E-state index contributed by atoms with van der Waals surface area (Å²) in [5.74, 6) is 0. The SMILES string of the molecule is CCc1nn(CC)c(-c2cccc(C)c2)c1-c1ccncc1. The van der Waals surface area contributed by atoms with Crippen LogP contribution in [0.2, 0.25) is 0 Å². The molecule has 3 nitrogen and oxygen atoms in total. The highest BCUT2D eigenvalue weighted by Crippen LogP contribution is 2.35. The zero-order chi connectivity index (χ0) is 15.5. The van der Waals surface area contributed by atoms with Crippen molar-refractivity contribution in [3.63, 3.8) is 0 Å². The molecule has 3 rings (SSSR count). The van der Waals surface area contributed by atoms with Crippen molar-refractivity contribution >= 4 is 0 Å². The van der Waals surface area contributed by atoms with Gasteiger partial charge in [-0.1, -0.05) is 30.7 Å². The standard InChI is InChI=1S/C19H21N3/c1-4-17-18(15-9-11-20-12-10-15)19(22(5-2)21-17)16-8-6-7-14(3)13-16/h6-13H,4-5H2,1-3H3. The summed E-state index contributed by atoms with van der Waals surface area (Å²) in [5, 5.41) is 4.83. The normalized spacial score (nSPS) is 10.9. The molecule has 0 fully saturated rings. The zero-order valence-corrected chi connectivity index (χ0v) is 13.4. The molecule has 22 heavy (non-hydrogen) atoms. The van der Waals surface area contributed by atoms with Gasteiger partial charge in [0.05, 0.1) is 11.4 Å². The molecule has 0 saturated heterocycles. The second kappa shape index (κ2) is 6.14. The molecule has 3 aromatic rings. The van der Waals surface area contributed by atoms with Crippen LogP contribution in [0.5, 0.6) is 0 Å². The van der Waals surface area contributed by atoms with Gasteiger partial charge in [0, 0.05) is 30.1 Å². The fourth-order valence-corrected chi connectivity index (χ4v) is 2.90. The largest absolute Gasteiger partial charge is 0.265 e. The van der Waals surface area contributed by atoms with Crippen molar-refractivity contribution in [1.82, 2.24) is 14.8 Å². The first-order valence-electron chi connectivity index (χ1n) is 7.81. The van der Waals surface area contributed by atoms with Crippen LogP contribution < -0.4 is 0 Å². The van der Waals surface area contributed by atoms with Gasteiger partial charge in [0.2, 0.25) is 0 Å². The van der Waals surface area contributed by atoms with E-state index in [2.05, 4.69) is 66.8 Å². The quantitative estimate of drug-likeness (QED) is 0.708. The van der Waals surface area contributed by atoms with E-state index in [1.54, 1.807) is 0 Å². The molecule has 0 saturated carbocycles. The Hall–Kier alpha value is -2.42. The molecule has 1 aromatic carbocycles. The van der Waals surface area contributed by atoms with Crippen molar-refractivity contribution in [2.45, 2.75) is 33.7 Å². The molecule has 0 bridgehead atoms. The van der Waals surface area contributed by atoms with Gasteiger partial charge < -0.3 is 0 Å². The summed E-state index contributed by atoms with van der Waals surface area (Å²) in [5.41, 5.74) is 7.25. The number of hydrogen-bond acceptors (Lipinski definition) is 2. The number of rotatable bonds is 4. The van der Waals surface area contributed by atoms with E-state index >= 15 is 0 Å². The molecule has 2 aromatic heterocycles. The lowest BCUT2D eigenvalue weighted by Gasteiger charge is -2.10. The summed E-state index contributed by atoms with van der Waals surface area (Å²) in [6.45, 7) is 7.29. The molecule has 0 amide bonds. The van der Waals surface area contributed by atoms with Gasteiger partial charge in [0.25, 0.3) is 0 Å². The van der Waals surface area contributed by atoms with E-state index in [0.717, 1.165) is 18.7 Å². The molecule has 0 aliphatic carbocycles. The molecular formula is C19H21N3. The topological polar surface area (TPSA) is 30.7 Å². The van der Waals surface area contributed by atoms with Gasteiger partial charge in [-0.15, -0.1) is 0 Å². The van der Waals surface area contributed by atoms with E-state index in [9.17, 15) is 0 Å². The van der Waals surface area contributed by atoms with E-state index in [0.29, 0.717) is 0 Å². The van der Waals surface area contributed by atoms with Crippen molar-refractivity contribution in [3.8, 4) is 22.4 Å². The van der Waals surface area contributed by atoms with Crippen molar-refractivity contribution < 1.29 is 0 Å². The van der Waals surface area contributed by atoms with Crippen LogP contribution in [-0.4, -0.2) is 14.8 Å². The summed E-state index contributed by atoms with van der Waals surface area (Å²) < 4.78 is 2.11. The monoisotopic (exact) mass is 291 g/mol. The van der Waals surface area contributed by atoms with Gasteiger partial charge in [-0.3, -0.25) is 9.67 Å². The maximum Gasteiger partial charge on any atom is 0.0763 e. The van der Waals surface area contributed by atoms with Crippen LogP contribution in [0.25, 0.3) is 22.4 Å². The summed E-state index contributed by atoms with van der Waals surface area (Å²) in [6.07, 6.45) is 4.61. The lowest BCUT2D eigenvalue weighted by atomic mass is 9.98. The third kappa shape index (κ3) is 2.54. The van der Waals surface area contributed by atoms with Crippen molar-refractivity contribution in [2.24, 2.45) is 0 Å². The summed E-state index contributed by atoms with van der Waals surface area (Å²) >= 11 is 0. The molecular weight excluding hydrogens is 270 g/mol. The Morgan fingerprint density at radius 2 is 1.77 bits per heavy atom. The first-order valence-corrected chi connectivity index (χ1v) is 7.81. The predicted octanol–water partition coefficient (Wildman–Crippen LogP) is 4.50. The molecule has 0 radical (unpaired) electrons. The highest BCUT2D eigenvalue weighted by molar-refractivity contribution is 5.83. The summed E-state index contributed by atoms with van der Waals surface area (Å²) in [7, 11) is 0. The fourth-order valence-electron chi connectivity index (χ4n) is 2.90. The molecule has 0 spiro atoms. The molecule has 112 valence electrons. The zero-order valence-electron chi connectivity index (χ0n) is 13.4. The highest BCUT2D eigenvalue weighted by Gasteiger charge is 2.19. The van der Waals surface area contributed by atoms with Crippen LogP contribution in [0, 0.1) is 6.92 Å². The Morgan fingerprint density at radius 1 is 1.00 bits per heavy atom. The van der Waals surface area contributed by atoms with Crippen molar-refractivity contribution in [3.05, 3.63) is 60.0 Å². The minimum Gasteiger partial charge on any atom is -0.265 e. The second-order valence-corrected chi connectivity index (χ2v) is 5.44. The molecule has 3 heteroatoms. The Balaban J connectivity index is 2.30. The van der Waals surface area contributed by atoms with Gasteiger partial charge in [-0.05, 0) is 44.0 Å². The molecule has 0 N–H and O–H groups in total. The maximum atomic E-state index is 4.83. The predicted molar refractivity (Wildman–Crippen MR) is 90.7 cm³/mol. The molecule has 0 unspecified atom stereocenters. The summed E-state index contributed by atoms with van der Waals surface area (Å²) in [4.78, 5) is 4.14. The van der Waals surface area contributed by atoms with Gasteiger partial charge >= 0.3 is 0 Å². The van der Waals surface area contributed by atoms with Crippen LogP contribution >= 0.6 is 0 Å². The van der Waals surface area contributed by atoms with E-state index in [1.165, 1.54) is 27.9 Å². The van der Waals surface area contributed by atoms with Crippen LogP contribution in [0.1, 0.15) is 25.1 Å². The summed E-state index contributed by atoms with van der Waals surface area (Å²) in [6, 6.07) is 12.8. The van der Waals surface area contributed by atoms with Gasteiger partial charge in [0.1, 0.15) is 0 Å². The number of aryl methyl sites for hydroxylation is 3. The third-order valence-electron chi connectivity index (χ3n) is 3.92. The fraction of sp³-hybridized carbons (Fsp3) is 0.263. The first kappa shape index (κ1) is 14.5. The molecule has 2 heterocycles. The van der Waals surface area contributed by atoms with Gasteiger partial charge in [0.15, 0.2) is 0 Å². The van der Waals surface area contributed by atoms with E-state index in [-0.39, 0.29) is 0 Å². The van der Waals surface area contributed by atoms with Gasteiger partial charge in [-0.25, -0.2) is 0 Å². The van der Waals surface area contributed by atoms with Crippen LogP contribution in [0.15, 0.2) is 48.8 Å². The Kier molecular flexibility index (Phi) is 4.05. The minimum atomic E-state index is 0.862. The molecule has 0 atom stereocenters.